The normalized spacial score (nSPS) is 10.8. The number of aryl methyl sites for hydroxylation is 1. The predicted molar refractivity (Wildman–Crippen MR) is 110 cm³/mol. The van der Waals surface area contributed by atoms with E-state index in [1.165, 1.54) is 23.1 Å². The lowest BCUT2D eigenvalue weighted by Crippen LogP contribution is -2.37. The standard InChI is InChI=1S/C21H22BrFN2O2/c1-3-12-25(14-20(26)24-19-7-5-4-6-15(19)2)21(27)11-8-16-13-17(22)9-10-18(16)23/h4-11,13H,3,12,14H2,1-2H3,(H,24,26)/b11-8+. The Kier molecular flexibility index (Phi) is 7.73. The van der Waals surface area contributed by atoms with Crippen molar-refractivity contribution in [3.63, 3.8) is 0 Å². The Morgan fingerprint density at radius 2 is 1.96 bits per heavy atom. The summed E-state index contributed by atoms with van der Waals surface area (Å²) in [4.78, 5) is 26.3. The fourth-order valence-corrected chi connectivity index (χ4v) is 2.90. The molecule has 4 nitrogen and oxygen atoms in total. The van der Waals surface area contributed by atoms with Crippen LogP contribution in [0.25, 0.3) is 6.08 Å². The smallest absolute Gasteiger partial charge is 0.247 e. The molecule has 0 fully saturated rings. The minimum absolute atomic E-state index is 0.0632. The van der Waals surface area contributed by atoms with Crippen LogP contribution in [0.15, 0.2) is 53.0 Å². The number of nitrogens with zero attached hydrogens (tertiary/aromatic N) is 1. The van der Waals surface area contributed by atoms with Gasteiger partial charge in [0.05, 0.1) is 0 Å². The predicted octanol–water partition coefficient (Wildman–Crippen LogP) is 4.79. The van der Waals surface area contributed by atoms with Crippen molar-refractivity contribution in [1.29, 1.82) is 0 Å². The molecule has 6 heteroatoms. The zero-order valence-corrected chi connectivity index (χ0v) is 16.9. The molecule has 2 amide bonds. The Balaban J connectivity index is 2.05. The highest BCUT2D eigenvalue weighted by Gasteiger charge is 2.15. The summed E-state index contributed by atoms with van der Waals surface area (Å²) in [6.45, 7) is 4.20. The van der Waals surface area contributed by atoms with E-state index in [-0.39, 0.29) is 18.4 Å². The summed E-state index contributed by atoms with van der Waals surface area (Å²) in [5.74, 6) is -1.02. The molecule has 0 aliphatic rings. The molecule has 0 saturated carbocycles. The molecule has 2 aromatic rings. The van der Waals surface area contributed by atoms with Gasteiger partial charge in [-0.25, -0.2) is 4.39 Å². The van der Waals surface area contributed by atoms with Crippen molar-refractivity contribution in [1.82, 2.24) is 4.90 Å². The van der Waals surface area contributed by atoms with Gasteiger partial charge in [-0.05, 0) is 49.2 Å². The van der Waals surface area contributed by atoms with E-state index in [0.717, 1.165) is 15.7 Å². The number of nitrogens with one attached hydrogen (secondary N) is 1. The third-order valence-electron chi connectivity index (χ3n) is 3.92. The number of hydrogen-bond donors (Lipinski definition) is 1. The number of carbonyl (C=O) groups is 2. The first kappa shape index (κ1) is 20.8. The molecular formula is C21H22BrFN2O2. The number of para-hydroxylation sites is 1. The number of hydrogen-bond acceptors (Lipinski definition) is 2. The van der Waals surface area contributed by atoms with Gasteiger partial charge in [0.1, 0.15) is 12.4 Å². The lowest BCUT2D eigenvalue weighted by atomic mass is 10.2. The third kappa shape index (κ3) is 6.32. The van der Waals surface area contributed by atoms with Gasteiger partial charge in [-0.1, -0.05) is 41.1 Å². The molecule has 0 spiro atoms. The van der Waals surface area contributed by atoms with E-state index in [0.29, 0.717) is 18.5 Å². The van der Waals surface area contributed by atoms with Crippen LogP contribution in [0.5, 0.6) is 0 Å². The highest BCUT2D eigenvalue weighted by Crippen LogP contribution is 2.17. The number of anilines is 1. The van der Waals surface area contributed by atoms with Crippen LogP contribution in [0.3, 0.4) is 0 Å². The van der Waals surface area contributed by atoms with Crippen LogP contribution in [0.1, 0.15) is 24.5 Å². The molecule has 142 valence electrons. The molecule has 27 heavy (non-hydrogen) atoms. The second kappa shape index (κ2) is 10.0. The molecule has 0 saturated heterocycles. The summed E-state index contributed by atoms with van der Waals surface area (Å²) in [6.07, 6.45) is 3.42. The van der Waals surface area contributed by atoms with Gasteiger partial charge in [0, 0.05) is 28.3 Å². The van der Waals surface area contributed by atoms with Gasteiger partial charge in [-0.15, -0.1) is 0 Å². The van der Waals surface area contributed by atoms with E-state index in [1.807, 2.05) is 38.1 Å². The maximum atomic E-state index is 13.8. The zero-order valence-electron chi connectivity index (χ0n) is 15.3. The fourth-order valence-electron chi connectivity index (χ4n) is 2.52. The fraction of sp³-hybridized carbons (Fsp3) is 0.238. The summed E-state index contributed by atoms with van der Waals surface area (Å²) in [5, 5.41) is 2.82. The van der Waals surface area contributed by atoms with Crippen LogP contribution in [-0.4, -0.2) is 29.8 Å². The average molecular weight is 433 g/mol. The Hall–Kier alpha value is -2.47. The van der Waals surface area contributed by atoms with E-state index in [9.17, 15) is 14.0 Å². The van der Waals surface area contributed by atoms with Crippen molar-refractivity contribution in [3.8, 4) is 0 Å². The number of amides is 2. The topological polar surface area (TPSA) is 49.4 Å². The molecule has 0 heterocycles. The van der Waals surface area contributed by atoms with Gasteiger partial charge in [0.15, 0.2) is 0 Å². The number of halogens is 2. The highest BCUT2D eigenvalue weighted by atomic mass is 79.9. The molecule has 0 bridgehead atoms. The van der Waals surface area contributed by atoms with Gasteiger partial charge in [-0.3, -0.25) is 9.59 Å². The summed E-state index contributed by atoms with van der Waals surface area (Å²) >= 11 is 3.28. The van der Waals surface area contributed by atoms with Gasteiger partial charge < -0.3 is 10.2 Å². The summed E-state index contributed by atoms with van der Waals surface area (Å²) in [7, 11) is 0. The lowest BCUT2D eigenvalue weighted by Gasteiger charge is -2.20. The third-order valence-corrected chi connectivity index (χ3v) is 4.42. The molecule has 0 atom stereocenters. The second-order valence-electron chi connectivity index (χ2n) is 6.12. The van der Waals surface area contributed by atoms with Crippen LogP contribution in [0.4, 0.5) is 10.1 Å². The van der Waals surface area contributed by atoms with Crippen molar-refractivity contribution in [3.05, 3.63) is 70.0 Å². The van der Waals surface area contributed by atoms with Crippen LogP contribution in [-0.2, 0) is 9.59 Å². The Labute approximate surface area is 167 Å². The maximum absolute atomic E-state index is 13.8. The van der Waals surface area contributed by atoms with E-state index in [1.54, 1.807) is 12.1 Å². The first-order valence-corrected chi connectivity index (χ1v) is 9.47. The Bertz CT molecular complexity index is 852. The molecule has 1 N–H and O–H groups in total. The average Bonchev–Trinajstić information content (AvgIpc) is 2.63. The first-order chi connectivity index (χ1) is 12.9. The SMILES string of the molecule is CCCN(CC(=O)Nc1ccccc1C)C(=O)/C=C/c1cc(Br)ccc1F. The van der Waals surface area contributed by atoms with Gasteiger partial charge in [0.2, 0.25) is 11.8 Å². The van der Waals surface area contributed by atoms with Crippen molar-refractivity contribution in [2.24, 2.45) is 0 Å². The summed E-state index contributed by atoms with van der Waals surface area (Å²) in [5.41, 5.74) is 1.97. The maximum Gasteiger partial charge on any atom is 0.247 e. The van der Waals surface area contributed by atoms with Crippen molar-refractivity contribution < 1.29 is 14.0 Å². The summed E-state index contributed by atoms with van der Waals surface area (Å²) in [6, 6.07) is 12.0. The van der Waals surface area contributed by atoms with Crippen LogP contribution < -0.4 is 5.32 Å². The number of carbonyl (C=O) groups excluding carboxylic acids is 2. The number of rotatable bonds is 7. The lowest BCUT2D eigenvalue weighted by molar-refractivity contribution is -0.130. The molecule has 0 aromatic heterocycles. The molecule has 2 rings (SSSR count). The quantitative estimate of drug-likeness (QED) is 0.639. The Morgan fingerprint density at radius 3 is 2.67 bits per heavy atom. The van der Waals surface area contributed by atoms with Crippen molar-refractivity contribution in [2.75, 3.05) is 18.4 Å². The highest BCUT2D eigenvalue weighted by molar-refractivity contribution is 9.10. The van der Waals surface area contributed by atoms with Crippen molar-refractivity contribution in [2.45, 2.75) is 20.3 Å². The molecule has 0 aliphatic carbocycles. The first-order valence-electron chi connectivity index (χ1n) is 8.68. The van der Waals surface area contributed by atoms with Crippen LogP contribution >= 0.6 is 15.9 Å². The van der Waals surface area contributed by atoms with E-state index < -0.39 is 5.82 Å². The minimum atomic E-state index is -0.415. The molecule has 0 unspecified atom stereocenters. The second-order valence-corrected chi connectivity index (χ2v) is 7.04. The Morgan fingerprint density at radius 1 is 1.22 bits per heavy atom. The van der Waals surface area contributed by atoms with Crippen LogP contribution in [0, 0.1) is 12.7 Å². The molecule has 0 aliphatic heterocycles. The van der Waals surface area contributed by atoms with Crippen LogP contribution in [0.2, 0.25) is 0 Å². The van der Waals surface area contributed by atoms with Gasteiger partial charge >= 0.3 is 0 Å². The molecular weight excluding hydrogens is 411 g/mol. The van der Waals surface area contributed by atoms with E-state index >= 15 is 0 Å². The van der Waals surface area contributed by atoms with Crippen molar-refractivity contribution >= 4 is 39.5 Å². The minimum Gasteiger partial charge on any atom is -0.330 e. The number of benzene rings is 2. The van der Waals surface area contributed by atoms with Gasteiger partial charge in [-0.2, -0.15) is 0 Å². The largest absolute Gasteiger partial charge is 0.330 e. The van der Waals surface area contributed by atoms with Gasteiger partial charge in [0.25, 0.3) is 0 Å². The summed E-state index contributed by atoms with van der Waals surface area (Å²) < 4.78 is 14.5. The van der Waals surface area contributed by atoms with E-state index in [4.69, 9.17) is 0 Å². The van der Waals surface area contributed by atoms with E-state index in [2.05, 4.69) is 21.2 Å². The zero-order chi connectivity index (χ0) is 19.8. The molecule has 2 aromatic carbocycles. The monoisotopic (exact) mass is 432 g/mol. The molecule has 0 radical (unpaired) electrons.